The Balaban J connectivity index is 1.57. The van der Waals surface area contributed by atoms with Gasteiger partial charge >= 0.3 is 0 Å². The molecule has 0 saturated heterocycles. The third kappa shape index (κ3) is 4.00. The summed E-state index contributed by atoms with van der Waals surface area (Å²) in [4.78, 5) is 17.0. The average Bonchev–Trinajstić information content (AvgIpc) is 3.36. The first-order valence-corrected chi connectivity index (χ1v) is 10.2. The molecule has 0 unspecified atom stereocenters. The summed E-state index contributed by atoms with van der Waals surface area (Å²) in [5.74, 6) is -1.93. The highest BCUT2D eigenvalue weighted by Gasteiger charge is 2.17. The number of carbonyl (C=O) groups excluding carboxylic acids is 1. The molecule has 4 rings (SSSR count). The topological polar surface area (TPSA) is 42.0 Å². The fraction of sp³-hybridized carbons (Fsp3) is 0.0476. The van der Waals surface area contributed by atoms with Crippen molar-refractivity contribution in [2.75, 3.05) is 5.32 Å². The number of anilines is 1. The van der Waals surface area contributed by atoms with Crippen molar-refractivity contribution in [3.63, 3.8) is 0 Å². The molecule has 2 aromatic heterocycles. The number of hydrogen-bond donors (Lipinski definition) is 1. The lowest BCUT2D eigenvalue weighted by molar-refractivity contribution is -0.115. The molecule has 7 heteroatoms. The summed E-state index contributed by atoms with van der Waals surface area (Å²) in [7, 11) is 0. The molecule has 140 valence electrons. The maximum Gasteiger partial charge on any atom is 0.230 e. The predicted molar refractivity (Wildman–Crippen MR) is 110 cm³/mol. The molecule has 3 nitrogen and oxygen atoms in total. The van der Waals surface area contributed by atoms with Crippen LogP contribution in [0.5, 0.6) is 0 Å². The predicted octanol–water partition coefficient (Wildman–Crippen LogP) is 6.00. The van der Waals surface area contributed by atoms with Gasteiger partial charge in [-0.25, -0.2) is 13.8 Å². The lowest BCUT2D eigenvalue weighted by atomic mass is 10.0. The second-order valence-corrected chi connectivity index (χ2v) is 7.70. The van der Waals surface area contributed by atoms with Gasteiger partial charge in [0.1, 0.15) is 16.6 Å². The number of amides is 1. The van der Waals surface area contributed by atoms with Gasteiger partial charge in [-0.2, -0.15) is 11.3 Å². The Hall–Kier alpha value is -2.90. The van der Waals surface area contributed by atoms with Crippen molar-refractivity contribution in [1.82, 2.24) is 4.98 Å². The smallest absolute Gasteiger partial charge is 0.230 e. The average molecular weight is 412 g/mol. The number of nitrogens with zero attached hydrogens (tertiary/aromatic N) is 1. The van der Waals surface area contributed by atoms with E-state index in [-0.39, 0.29) is 12.1 Å². The molecule has 0 aliphatic carbocycles. The summed E-state index contributed by atoms with van der Waals surface area (Å²) < 4.78 is 28.2. The number of hydrogen-bond acceptors (Lipinski definition) is 4. The van der Waals surface area contributed by atoms with Crippen LogP contribution in [0, 0.1) is 11.6 Å². The molecular weight excluding hydrogens is 398 g/mol. The molecule has 28 heavy (non-hydrogen) atoms. The fourth-order valence-electron chi connectivity index (χ4n) is 2.80. The van der Waals surface area contributed by atoms with Crippen LogP contribution in [0.25, 0.3) is 21.7 Å². The third-order valence-electron chi connectivity index (χ3n) is 4.07. The van der Waals surface area contributed by atoms with E-state index in [9.17, 15) is 13.6 Å². The van der Waals surface area contributed by atoms with Gasteiger partial charge in [-0.3, -0.25) is 4.79 Å². The Morgan fingerprint density at radius 3 is 2.61 bits per heavy atom. The maximum atomic E-state index is 14.4. The fourth-order valence-corrected chi connectivity index (χ4v) is 4.33. The van der Waals surface area contributed by atoms with E-state index >= 15 is 0 Å². The Bertz CT molecular complexity index is 1110. The highest BCUT2D eigenvalue weighted by molar-refractivity contribution is 7.14. The van der Waals surface area contributed by atoms with Crippen LogP contribution >= 0.6 is 22.7 Å². The standard InChI is InChI=1S/C21H14F2N2OS2/c22-15-8-17(13-4-2-1-3-5-13)20(18(23)9-15)25-19(26)10-16-12-28-21(24-16)14-6-7-27-11-14/h1-9,11-12H,10H2,(H,25,26). The van der Waals surface area contributed by atoms with Crippen LogP contribution in [-0.2, 0) is 11.2 Å². The summed E-state index contributed by atoms with van der Waals surface area (Å²) in [6.07, 6.45) is 0.00564. The molecule has 0 radical (unpaired) electrons. The summed E-state index contributed by atoms with van der Waals surface area (Å²) >= 11 is 3.03. The molecule has 2 heterocycles. The van der Waals surface area contributed by atoms with Crippen molar-refractivity contribution in [2.24, 2.45) is 0 Å². The van der Waals surface area contributed by atoms with E-state index in [1.165, 1.54) is 17.4 Å². The van der Waals surface area contributed by atoms with Crippen molar-refractivity contribution < 1.29 is 13.6 Å². The van der Waals surface area contributed by atoms with Gasteiger partial charge in [-0.15, -0.1) is 11.3 Å². The zero-order chi connectivity index (χ0) is 19.5. The molecule has 4 aromatic rings. The second kappa shape index (κ2) is 8.00. The Labute approximate surface area is 168 Å². The van der Waals surface area contributed by atoms with Crippen LogP contribution in [0.2, 0.25) is 0 Å². The van der Waals surface area contributed by atoms with E-state index in [0.717, 1.165) is 16.6 Å². The van der Waals surface area contributed by atoms with Gasteiger partial charge in [0.05, 0.1) is 17.8 Å². The first-order valence-electron chi connectivity index (χ1n) is 8.41. The van der Waals surface area contributed by atoms with E-state index in [1.807, 2.05) is 28.3 Å². The monoisotopic (exact) mass is 412 g/mol. The Morgan fingerprint density at radius 2 is 1.86 bits per heavy atom. The quantitative estimate of drug-likeness (QED) is 0.437. The molecule has 0 fully saturated rings. The zero-order valence-corrected chi connectivity index (χ0v) is 16.1. The molecule has 1 N–H and O–H groups in total. The number of carbonyl (C=O) groups is 1. The third-order valence-corrected chi connectivity index (χ3v) is 5.69. The highest BCUT2D eigenvalue weighted by Crippen LogP contribution is 2.32. The summed E-state index contributed by atoms with van der Waals surface area (Å²) in [6.45, 7) is 0. The molecule has 0 atom stereocenters. The molecule has 0 spiro atoms. The molecule has 0 aliphatic rings. The van der Waals surface area contributed by atoms with Crippen LogP contribution < -0.4 is 5.32 Å². The lowest BCUT2D eigenvalue weighted by Crippen LogP contribution is -2.16. The number of thiophene rings is 1. The van der Waals surface area contributed by atoms with E-state index in [1.54, 1.807) is 35.6 Å². The van der Waals surface area contributed by atoms with Gasteiger partial charge in [0.25, 0.3) is 0 Å². The number of benzene rings is 2. The van der Waals surface area contributed by atoms with Crippen LogP contribution in [-0.4, -0.2) is 10.9 Å². The van der Waals surface area contributed by atoms with Crippen molar-refractivity contribution in [3.05, 3.63) is 82.0 Å². The molecule has 0 saturated carbocycles. The molecule has 2 aromatic carbocycles. The summed E-state index contributed by atoms with van der Waals surface area (Å²) in [6, 6.07) is 12.8. The van der Waals surface area contributed by atoms with Gasteiger partial charge in [0, 0.05) is 28.0 Å². The Kier molecular flexibility index (Phi) is 5.27. The van der Waals surface area contributed by atoms with Crippen LogP contribution in [0.3, 0.4) is 0 Å². The van der Waals surface area contributed by atoms with Crippen LogP contribution in [0.15, 0.2) is 64.7 Å². The molecular formula is C21H14F2N2OS2. The molecule has 0 aliphatic heterocycles. The minimum atomic E-state index is -0.815. The van der Waals surface area contributed by atoms with Crippen molar-refractivity contribution in [3.8, 4) is 21.7 Å². The summed E-state index contributed by atoms with van der Waals surface area (Å²) in [5.41, 5.74) is 2.49. The second-order valence-electron chi connectivity index (χ2n) is 6.06. The number of aromatic nitrogens is 1. The van der Waals surface area contributed by atoms with Gasteiger partial charge in [-0.1, -0.05) is 30.3 Å². The van der Waals surface area contributed by atoms with Gasteiger partial charge < -0.3 is 5.32 Å². The van der Waals surface area contributed by atoms with Crippen molar-refractivity contribution >= 4 is 34.3 Å². The number of thiazole rings is 1. The van der Waals surface area contributed by atoms with E-state index in [4.69, 9.17) is 0 Å². The van der Waals surface area contributed by atoms with Gasteiger partial charge in [0.2, 0.25) is 5.91 Å². The molecule has 1 amide bonds. The minimum absolute atomic E-state index is 0.00564. The van der Waals surface area contributed by atoms with E-state index < -0.39 is 17.5 Å². The lowest BCUT2D eigenvalue weighted by Gasteiger charge is -2.12. The number of halogens is 2. The minimum Gasteiger partial charge on any atom is -0.323 e. The van der Waals surface area contributed by atoms with Crippen molar-refractivity contribution in [2.45, 2.75) is 6.42 Å². The first-order chi connectivity index (χ1) is 13.6. The zero-order valence-electron chi connectivity index (χ0n) is 14.5. The first kappa shape index (κ1) is 18.5. The maximum absolute atomic E-state index is 14.4. The number of rotatable bonds is 5. The van der Waals surface area contributed by atoms with E-state index in [2.05, 4.69) is 10.3 Å². The van der Waals surface area contributed by atoms with Gasteiger partial charge in [-0.05, 0) is 23.1 Å². The van der Waals surface area contributed by atoms with Crippen LogP contribution in [0.1, 0.15) is 5.69 Å². The largest absolute Gasteiger partial charge is 0.323 e. The van der Waals surface area contributed by atoms with E-state index in [0.29, 0.717) is 16.8 Å². The SMILES string of the molecule is O=C(Cc1csc(-c2ccsc2)n1)Nc1c(F)cc(F)cc1-c1ccccc1. The van der Waals surface area contributed by atoms with Crippen molar-refractivity contribution in [1.29, 1.82) is 0 Å². The Morgan fingerprint density at radius 1 is 1.04 bits per heavy atom. The van der Waals surface area contributed by atoms with Crippen LogP contribution in [0.4, 0.5) is 14.5 Å². The number of nitrogens with one attached hydrogen (secondary N) is 1. The van der Waals surface area contributed by atoms with Gasteiger partial charge in [0.15, 0.2) is 0 Å². The normalized spacial score (nSPS) is 10.8. The summed E-state index contributed by atoms with van der Waals surface area (Å²) in [5, 5.41) is 9.18. The highest BCUT2D eigenvalue weighted by atomic mass is 32.1. The molecule has 0 bridgehead atoms.